The third kappa shape index (κ3) is 2.28. The highest BCUT2D eigenvalue weighted by molar-refractivity contribution is 5.73. The van der Waals surface area contributed by atoms with Crippen molar-refractivity contribution in [1.29, 1.82) is 0 Å². The lowest BCUT2D eigenvalue weighted by atomic mass is 10.0. The largest absolute Gasteiger partial charge is 0.481 e. The summed E-state index contributed by atoms with van der Waals surface area (Å²) in [6, 6.07) is 6.48. The lowest BCUT2D eigenvalue weighted by Gasteiger charge is -2.26. The van der Waals surface area contributed by atoms with Gasteiger partial charge >= 0.3 is 5.97 Å². The summed E-state index contributed by atoms with van der Waals surface area (Å²) in [5.41, 5.74) is 3.61. The van der Waals surface area contributed by atoms with Crippen LogP contribution in [0.4, 0.5) is 5.69 Å². The molecule has 3 heteroatoms. The van der Waals surface area contributed by atoms with Crippen LogP contribution in [0.3, 0.4) is 0 Å². The first-order chi connectivity index (χ1) is 7.99. The second-order valence-electron chi connectivity index (χ2n) is 5.01. The van der Waals surface area contributed by atoms with Crippen molar-refractivity contribution < 1.29 is 9.90 Å². The molecule has 0 aromatic heterocycles. The molecule has 1 aromatic rings. The standard InChI is InChI=1S/C14H19NO2/c1-9-6-10(2)8-12(7-9)15-5-4-13(11(15)3)14(16)17/h6-8,11,13H,4-5H2,1-3H3,(H,16,17). The van der Waals surface area contributed by atoms with E-state index in [1.54, 1.807) is 0 Å². The molecule has 0 saturated carbocycles. The van der Waals surface area contributed by atoms with Gasteiger partial charge < -0.3 is 10.0 Å². The van der Waals surface area contributed by atoms with E-state index in [1.165, 1.54) is 11.1 Å². The number of carbonyl (C=O) groups is 1. The maximum atomic E-state index is 11.1. The third-order valence-electron chi connectivity index (χ3n) is 3.61. The van der Waals surface area contributed by atoms with Crippen LogP contribution in [0.2, 0.25) is 0 Å². The van der Waals surface area contributed by atoms with Crippen molar-refractivity contribution >= 4 is 11.7 Å². The molecule has 2 atom stereocenters. The first-order valence-corrected chi connectivity index (χ1v) is 6.07. The Balaban J connectivity index is 2.27. The number of benzene rings is 1. The van der Waals surface area contributed by atoms with Crippen LogP contribution in [0.15, 0.2) is 18.2 Å². The third-order valence-corrected chi connectivity index (χ3v) is 3.61. The Bertz CT molecular complexity index is 422. The first kappa shape index (κ1) is 12.0. The van der Waals surface area contributed by atoms with Crippen molar-refractivity contribution in [2.75, 3.05) is 11.4 Å². The molecule has 1 aromatic carbocycles. The Kier molecular flexibility index (Phi) is 3.09. The Morgan fingerprint density at radius 1 is 1.29 bits per heavy atom. The molecule has 17 heavy (non-hydrogen) atoms. The molecule has 1 N–H and O–H groups in total. The van der Waals surface area contributed by atoms with Gasteiger partial charge in [-0.05, 0) is 50.5 Å². The number of carboxylic acid groups (broad SMARTS) is 1. The molecule has 2 unspecified atom stereocenters. The van der Waals surface area contributed by atoms with Gasteiger partial charge in [-0.15, -0.1) is 0 Å². The van der Waals surface area contributed by atoms with Gasteiger partial charge in [-0.3, -0.25) is 4.79 Å². The van der Waals surface area contributed by atoms with E-state index in [4.69, 9.17) is 5.11 Å². The van der Waals surface area contributed by atoms with E-state index >= 15 is 0 Å². The molecule has 0 amide bonds. The average Bonchev–Trinajstić information content (AvgIpc) is 2.58. The summed E-state index contributed by atoms with van der Waals surface area (Å²) >= 11 is 0. The van der Waals surface area contributed by atoms with Gasteiger partial charge in [0.1, 0.15) is 0 Å². The van der Waals surface area contributed by atoms with Crippen molar-refractivity contribution in [2.24, 2.45) is 5.92 Å². The fraction of sp³-hybridized carbons (Fsp3) is 0.500. The molecule has 0 bridgehead atoms. The van der Waals surface area contributed by atoms with Crippen molar-refractivity contribution in [3.8, 4) is 0 Å². The van der Waals surface area contributed by atoms with E-state index in [9.17, 15) is 4.79 Å². The van der Waals surface area contributed by atoms with Gasteiger partial charge in [0.25, 0.3) is 0 Å². The Hall–Kier alpha value is -1.51. The fourth-order valence-electron chi connectivity index (χ4n) is 2.75. The SMILES string of the molecule is Cc1cc(C)cc(N2CCC(C(=O)O)C2C)c1. The van der Waals surface area contributed by atoms with Crippen molar-refractivity contribution in [2.45, 2.75) is 33.2 Å². The van der Waals surface area contributed by atoms with E-state index in [2.05, 4.69) is 36.9 Å². The number of rotatable bonds is 2. The number of anilines is 1. The van der Waals surface area contributed by atoms with Crippen LogP contribution in [0.1, 0.15) is 24.5 Å². The summed E-state index contributed by atoms with van der Waals surface area (Å²) in [4.78, 5) is 13.3. The Morgan fingerprint density at radius 2 is 1.88 bits per heavy atom. The van der Waals surface area contributed by atoms with Crippen LogP contribution in [-0.2, 0) is 4.79 Å². The highest BCUT2D eigenvalue weighted by Crippen LogP contribution is 2.30. The summed E-state index contributed by atoms with van der Waals surface area (Å²) < 4.78 is 0. The average molecular weight is 233 g/mol. The molecule has 0 spiro atoms. The summed E-state index contributed by atoms with van der Waals surface area (Å²) in [7, 11) is 0. The lowest BCUT2D eigenvalue weighted by Crippen LogP contribution is -2.32. The first-order valence-electron chi connectivity index (χ1n) is 6.07. The zero-order valence-electron chi connectivity index (χ0n) is 10.6. The van der Waals surface area contributed by atoms with Gasteiger partial charge in [0.05, 0.1) is 5.92 Å². The molecule has 92 valence electrons. The normalized spacial score (nSPS) is 24.1. The minimum absolute atomic E-state index is 0.0775. The second-order valence-corrected chi connectivity index (χ2v) is 5.01. The number of hydrogen-bond donors (Lipinski definition) is 1. The van der Waals surface area contributed by atoms with E-state index < -0.39 is 5.97 Å². The van der Waals surface area contributed by atoms with Crippen molar-refractivity contribution in [1.82, 2.24) is 0 Å². The highest BCUT2D eigenvalue weighted by atomic mass is 16.4. The molecular formula is C14H19NO2. The monoisotopic (exact) mass is 233 g/mol. The molecule has 1 heterocycles. The van der Waals surface area contributed by atoms with E-state index in [-0.39, 0.29) is 12.0 Å². The summed E-state index contributed by atoms with van der Waals surface area (Å²) in [5.74, 6) is -0.916. The smallest absolute Gasteiger partial charge is 0.308 e. The molecule has 1 aliphatic heterocycles. The molecule has 1 aliphatic rings. The van der Waals surface area contributed by atoms with Crippen molar-refractivity contribution in [3.63, 3.8) is 0 Å². The van der Waals surface area contributed by atoms with Crippen LogP contribution in [0.25, 0.3) is 0 Å². The van der Waals surface area contributed by atoms with Gasteiger partial charge in [-0.1, -0.05) is 6.07 Å². The number of aliphatic carboxylic acids is 1. The number of hydrogen-bond acceptors (Lipinski definition) is 2. The van der Waals surface area contributed by atoms with Gasteiger partial charge in [0.15, 0.2) is 0 Å². The van der Waals surface area contributed by atoms with Gasteiger partial charge in [-0.2, -0.15) is 0 Å². The lowest BCUT2D eigenvalue weighted by molar-refractivity contribution is -0.141. The zero-order valence-corrected chi connectivity index (χ0v) is 10.6. The maximum absolute atomic E-state index is 11.1. The fourth-order valence-corrected chi connectivity index (χ4v) is 2.75. The molecule has 1 fully saturated rings. The molecule has 2 rings (SSSR count). The van der Waals surface area contributed by atoms with Gasteiger partial charge in [0, 0.05) is 18.3 Å². The minimum Gasteiger partial charge on any atom is -0.481 e. The van der Waals surface area contributed by atoms with Crippen LogP contribution >= 0.6 is 0 Å². The highest BCUT2D eigenvalue weighted by Gasteiger charge is 2.35. The number of nitrogens with zero attached hydrogens (tertiary/aromatic N) is 1. The second kappa shape index (κ2) is 4.40. The molecule has 3 nitrogen and oxygen atoms in total. The molecule has 0 aliphatic carbocycles. The topological polar surface area (TPSA) is 40.5 Å². The van der Waals surface area contributed by atoms with E-state index in [0.29, 0.717) is 0 Å². The Morgan fingerprint density at radius 3 is 2.35 bits per heavy atom. The number of carboxylic acids is 1. The van der Waals surface area contributed by atoms with Gasteiger partial charge in [0.2, 0.25) is 0 Å². The zero-order chi connectivity index (χ0) is 12.6. The summed E-state index contributed by atoms with van der Waals surface area (Å²) in [5, 5.41) is 9.13. The predicted octanol–water partition coefficient (Wildman–Crippen LogP) is 2.60. The van der Waals surface area contributed by atoms with Gasteiger partial charge in [-0.25, -0.2) is 0 Å². The van der Waals surface area contributed by atoms with Crippen molar-refractivity contribution in [3.05, 3.63) is 29.3 Å². The molecule has 0 radical (unpaired) electrons. The Labute approximate surface area is 102 Å². The van der Waals surface area contributed by atoms with E-state index in [1.807, 2.05) is 6.92 Å². The van der Waals surface area contributed by atoms with Crippen LogP contribution < -0.4 is 4.90 Å². The maximum Gasteiger partial charge on any atom is 0.308 e. The van der Waals surface area contributed by atoms with Crippen LogP contribution in [0.5, 0.6) is 0 Å². The predicted molar refractivity (Wildman–Crippen MR) is 68.5 cm³/mol. The molecular weight excluding hydrogens is 214 g/mol. The van der Waals surface area contributed by atoms with E-state index in [0.717, 1.165) is 18.7 Å². The van der Waals surface area contributed by atoms with Crippen LogP contribution in [-0.4, -0.2) is 23.7 Å². The van der Waals surface area contributed by atoms with Crippen LogP contribution in [0, 0.1) is 19.8 Å². The quantitative estimate of drug-likeness (QED) is 0.853. The number of aryl methyl sites for hydroxylation is 2. The summed E-state index contributed by atoms with van der Waals surface area (Å²) in [6.45, 7) is 6.99. The molecule has 1 saturated heterocycles. The summed E-state index contributed by atoms with van der Waals surface area (Å²) in [6.07, 6.45) is 0.740. The minimum atomic E-state index is -0.677.